The maximum absolute atomic E-state index is 13.8. The number of likely N-dealkylation sites (tertiary alicyclic amines) is 1. The highest BCUT2D eigenvalue weighted by Gasteiger charge is 2.30. The van der Waals surface area contributed by atoms with Crippen LogP contribution >= 0.6 is 0 Å². The normalized spacial score (nSPS) is 15.3. The predicted octanol–water partition coefficient (Wildman–Crippen LogP) is 4.28. The van der Waals surface area contributed by atoms with E-state index in [0.29, 0.717) is 23.6 Å². The topological polar surface area (TPSA) is 113 Å². The van der Waals surface area contributed by atoms with Crippen molar-refractivity contribution < 1.29 is 18.7 Å². The average Bonchev–Trinajstić information content (AvgIpc) is 3.53. The number of aliphatic hydroxyl groups is 1. The van der Waals surface area contributed by atoms with Gasteiger partial charge in [-0.1, -0.05) is 0 Å². The summed E-state index contributed by atoms with van der Waals surface area (Å²) in [5.41, 5.74) is 4.64. The van der Waals surface area contributed by atoms with Crippen molar-refractivity contribution in [3.8, 4) is 22.5 Å². The minimum Gasteiger partial charge on any atom is -0.392 e. The van der Waals surface area contributed by atoms with Crippen LogP contribution in [0.4, 0.5) is 14.6 Å². The van der Waals surface area contributed by atoms with Gasteiger partial charge in [-0.05, 0) is 75.3 Å². The number of carbonyl (C=O) groups is 1. The monoisotopic (exact) mass is 572 g/mol. The summed E-state index contributed by atoms with van der Waals surface area (Å²) in [6, 6.07) is 12.4. The van der Waals surface area contributed by atoms with Crippen LogP contribution in [-0.4, -0.2) is 71.0 Å². The lowest BCUT2D eigenvalue weighted by Crippen LogP contribution is -2.37. The van der Waals surface area contributed by atoms with E-state index in [1.807, 2.05) is 17.8 Å². The fourth-order valence-corrected chi connectivity index (χ4v) is 5.64. The van der Waals surface area contributed by atoms with Crippen LogP contribution in [0.1, 0.15) is 41.7 Å². The number of carbonyl (C=O) groups excluding carboxylic acids is 1. The summed E-state index contributed by atoms with van der Waals surface area (Å²) in [7, 11) is 1.92. The number of halogens is 2. The van der Waals surface area contributed by atoms with Crippen molar-refractivity contribution in [2.24, 2.45) is 7.05 Å². The van der Waals surface area contributed by atoms with E-state index in [-0.39, 0.29) is 29.2 Å². The number of hydrogen-bond donors (Lipinski definition) is 2. The molecule has 0 spiro atoms. The molecule has 1 amide bonds. The minimum atomic E-state index is -0.748. The van der Waals surface area contributed by atoms with Gasteiger partial charge >= 0.3 is 0 Å². The Labute approximate surface area is 240 Å². The highest BCUT2D eigenvalue weighted by atomic mass is 19.1. The van der Waals surface area contributed by atoms with Crippen molar-refractivity contribution in [3.63, 3.8) is 0 Å². The van der Waals surface area contributed by atoms with Crippen LogP contribution in [0.25, 0.3) is 28.2 Å². The van der Waals surface area contributed by atoms with Gasteiger partial charge in [0.1, 0.15) is 11.5 Å². The molecule has 1 saturated heterocycles. The van der Waals surface area contributed by atoms with E-state index in [4.69, 9.17) is 10.2 Å². The van der Waals surface area contributed by atoms with E-state index in [0.717, 1.165) is 48.8 Å². The summed E-state index contributed by atoms with van der Waals surface area (Å²) in [6.07, 6.45) is 4.22. The molecule has 1 aromatic carbocycles. The first-order valence-corrected chi connectivity index (χ1v) is 13.8. The first kappa shape index (κ1) is 27.6. The molecular formula is C30H30F2N8O2. The number of aryl methyl sites for hydroxylation is 1. The molecule has 216 valence electrons. The number of aliphatic hydroxyl groups excluding tert-OH is 1. The standard InChI is InChI=1S/C30H30F2N8O2/c1-18(41)16-39-13-10-20(11-14-39)29-27(28(37-38(29)2)19-3-5-22(31)6-4-19)23-7-8-26-34-25(17-40(26)36-23)35-30(42)21-9-12-33-24(32)15-21/h3-9,12,15,17-18,20,41H,10-11,13-14,16H2,1-2H3,(H,35,42)/t18-/m0/s1. The second-order valence-electron chi connectivity index (χ2n) is 10.6. The molecule has 12 heteroatoms. The Balaban J connectivity index is 1.37. The summed E-state index contributed by atoms with van der Waals surface area (Å²) >= 11 is 0. The number of nitrogens with one attached hydrogen (secondary N) is 1. The molecule has 1 atom stereocenters. The smallest absolute Gasteiger partial charge is 0.257 e. The predicted molar refractivity (Wildman–Crippen MR) is 153 cm³/mol. The molecule has 4 aromatic heterocycles. The third kappa shape index (κ3) is 5.63. The lowest BCUT2D eigenvalue weighted by molar-refractivity contribution is 0.102. The Bertz CT molecular complexity index is 1740. The van der Waals surface area contributed by atoms with Gasteiger partial charge in [-0.3, -0.25) is 9.48 Å². The molecule has 0 bridgehead atoms. The Morgan fingerprint density at radius 1 is 1.10 bits per heavy atom. The largest absolute Gasteiger partial charge is 0.392 e. The average molecular weight is 573 g/mol. The zero-order valence-electron chi connectivity index (χ0n) is 23.2. The van der Waals surface area contributed by atoms with Crippen molar-refractivity contribution in [2.75, 3.05) is 25.0 Å². The molecular weight excluding hydrogens is 542 g/mol. The first-order valence-electron chi connectivity index (χ1n) is 13.8. The van der Waals surface area contributed by atoms with Crippen LogP contribution in [0.3, 0.4) is 0 Å². The van der Waals surface area contributed by atoms with Gasteiger partial charge in [-0.25, -0.2) is 18.9 Å². The number of benzene rings is 1. The van der Waals surface area contributed by atoms with Gasteiger partial charge in [0.05, 0.1) is 29.3 Å². The molecule has 1 fully saturated rings. The summed E-state index contributed by atoms with van der Waals surface area (Å²) in [5.74, 6) is -1.13. The van der Waals surface area contributed by atoms with E-state index in [9.17, 15) is 18.7 Å². The second-order valence-corrected chi connectivity index (χ2v) is 10.6. The molecule has 0 unspecified atom stereocenters. The molecule has 1 aliphatic rings. The van der Waals surface area contributed by atoms with E-state index < -0.39 is 11.9 Å². The summed E-state index contributed by atoms with van der Waals surface area (Å²) < 4.78 is 30.8. The molecule has 6 rings (SSSR count). The maximum Gasteiger partial charge on any atom is 0.257 e. The van der Waals surface area contributed by atoms with Gasteiger partial charge in [0.2, 0.25) is 5.95 Å². The lowest BCUT2D eigenvalue weighted by atomic mass is 9.88. The van der Waals surface area contributed by atoms with Crippen LogP contribution in [-0.2, 0) is 7.05 Å². The van der Waals surface area contributed by atoms with Crippen LogP contribution in [0.2, 0.25) is 0 Å². The van der Waals surface area contributed by atoms with Crippen LogP contribution < -0.4 is 5.32 Å². The number of fused-ring (bicyclic) bond motifs is 1. The first-order chi connectivity index (χ1) is 20.2. The van der Waals surface area contributed by atoms with E-state index >= 15 is 0 Å². The number of amides is 1. The van der Waals surface area contributed by atoms with Gasteiger partial charge in [-0.15, -0.1) is 0 Å². The molecule has 0 saturated carbocycles. The van der Waals surface area contributed by atoms with Crippen molar-refractivity contribution in [3.05, 3.63) is 83.9 Å². The zero-order chi connectivity index (χ0) is 29.4. The summed E-state index contributed by atoms with van der Waals surface area (Å²) in [4.78, 5) is 22.8. The number of rotatable bonds is 7. The molecule has 10 nitrogen and oxygen atoms in total. The third-order valence-electron chi connectivity index (χ3n) is 7.51. The van der Waals surface area contributed by atoms with Crippen molar-refractivity contribution in [1.82, 2.24) is 34.3 Å². The summed E-state index contributed by atoms with van der Waals surface area (Å²) in [6.45, 7) is 4.14. The quantitative estimate of drug-likeness (QED) is 0.280. The highest BCUT2D eigenvalue weighted by Crippen LogP contribution is 2.40. The lowest BCUT2D eigenvalue weighted by Gasteiger charge is -2.33. The van der Waals surface area contributed by atoms with Crippen LogP contribution in [0.5, 0.6) is 0 Å². The molecule has 42 heavy (non-hydrogen) atoms. The molecule has 2 N–H and O–H groups in total. The fraction of sp³-hybridized carbons (Fsp3) is 0.300. The maximum atomic E-state index is 13.8. The number of piperidine rings is 1. The van der Waals surface area contributed by atoms with Gasteiger partial charge in [0.15, 0.2) is 11.5 Å². The van der Waals surface area contributed by atoms with Crippen molar-refractivity contribution in [1.29, 1.82) is 0 Å². The number of hydrogen-bond acceptors (Lipinski definition) is 7. The fourth-order valence-electron chi connectivity index (χ4n) is 5.64. The number of imidazole rings is 1. The number of nitrogens with zero attached hydrogens (tertiary/aromatic N) is 7. The Kier molecular flexibility index (Phi) is 7.48. The van der Waals surface area contributed by atoms with Crippen LogP contribution in [0, 0.1) is 11.8 Å². The molecule has 5 aromatic rings. The van der Waals surface area contributed by atoms with Gasteiger partial charge in [0.25, 0.3) is 5.91 Å². The van der Waals surface area contributed by atoms with E-state index in [1.54, 1.807) is 35.8 Å². The highest BCUT2D eigenvalue weighted by molar-refractivity contribution is 6.03. The zero-order valence-corrected chi connectivity index (χ0v) is 23.2. The second kappa shape index (κ2) is 11.4. The number of aromatic nitrogens is 6. The van der Waals surface area contributed by atoms with Crippen molar-refractivity contribution in [2.45, 2.75) is 31.8 Å². The molecule has 0 aliphatic carbocycles. The Morgan fingerprint density at radius 2 is 1.86 bits per heavy atom. The minimum absolute atomic E-state index is 0.122. The van der Waals surface area contributed by atoms with Crippen LogP contribution in [0.15, 0.2) is 60.9 Å². The number of pyridine rings is 1. The van der Waals surface area contributed by atoms with Gasteiger partial charge < -0.3 is 15.3 Å². The molecule has 1 aliphatic heterocycles. The third-order valence-corrected chi connectivity index (χ3v) is 7.51. The van der Waals surface area contributed by atoms with Crippen molar-refractivity contribution >= 4 is 17.4 Å². The van der Waals surface area contributed by atoms with Gasteiger partial charge in [-0.2, -0.15) is 14.6 Å². The van der Waals surface area contributed by atoms with E-state index in [1.165, 1.54) is 24.4 Å². The van der Waals surface area contributed by atoms with Gasteiger partial charge in [0, 0.05) is 42.9 Å². The molecule has 5 heterocycles. The van der Waals surface area contributed by atoms with E-state index in [2.05, 4.69) is 20.2 Å². The Hall–Kier alpha value is -4.55. The SMILES string of the molecule is C[C@H](O)CN1CCC(c2c(-c3ccc4nc(NC(=O)c5ccnc(F)c5)cn4n3)c(-c3ccc(F)cc3)nn2C)CC1. The summed E-state index contributed by atoms with van der Waals surface area (Å²) in [5, 5.41) is 22.2. The number of anilines is 1. The molecule has 0 radical (unpaired) electrons. The number of β-amino-alcohol motifs (C(OH)–C–C–N with tert-alkyl or cyclic N) is 1. The Morgan fingerprint density at radius 3 is 2.57 bits per heavy atom.